The van der Waals surface area contributed by atoms with Gasteiger partial charge in [-0.3, -0.25) is 9.59 Å². The highest BCUT2D eigenvalue weighted by molar-refractivity contribution is 7.12. The first kappa shape index (κ1) is 11.9. The molecule has 1 N–H and O–H groups in total. The van der Waals surface area contributed by atoms with E-state index in [1.54, 1.807) is 18.4 Å². The van der Waals surface area contributed by atoms with Crippen molar-refractivity contribution in [3.63, 3.8) is 0 Å². The molecule has 3 nitrogen and oxygen atoms in total. The first-order chi connectivity index (χ1) is 7.04. The van der Waals surface area contributed by atoms with Crippen molar-refractivity contribution in [2.24, 2.45) is 0 Å². The number of amides is 1. The highest BCUT2D eigenvalue weighted by Gasteiger charge is 2.12. The lowest BCUT2D eigenvalue weighted by Gasteiger charge is -1.99. The second kappa shape index (κ2) is 5.07. The lowest BCUT2D eigenvalue weighted by atomic mass is 10.1. The van der Waals surface area contributed by atoms with E-state index in [9.17, 15) is 9.59 Å². The van der Waals surface area contributed by atoms with Gasteiger partial charge in [0.2, 0.25) is 5.91 Å². The number of nitrogens with one attached hydrogen (secondary N) is 1. The Hall–Kier alpha value is -1.16. The van der Waals surface area contributed by atoms with Gasteiger partial charge in [0.15, 0.2) is 5.78 Å². The fraction of sp³-hybridized carbons (Fsp3) is 0.455. The molecule has 0 fully saturated rings. The summed E-state index contributed by atoms with van der Waals surface area (Å²) >= 11 is 1.62. The summed E-state index contributed by atoms with van der Waals surface area (Å²) in [7, 11) is 1.58. The molecule has 0 bridgehead atoms. The first-order valence-electron chi connectivity index (χ1n) is 4.85. The van der Waals surface area contributed by atoms with Gasteiger partial charge in [-0.05, 0) is 19.9 Å². The Morgan fingerprint density at radius 2 is 2.00 bits per heavy atom. The van der Waals surface area contributed by atoms with Gasteiger partial charge in [0, 0.05) is 35.2 Å². The van der Waals surface area contributed by atoms with Crippen LogP contribution in [0, 0.1) is 13.8 Å². The molecule has 0 unspecified atom stereocenters. The van der Waals surface area contributed by atoms with Crippen LogP contribution < -0.4 is 5.32 Å². The molecular formula is C11H15NO2S. The van der Waals surface area contributed by atoms with Crippen LogP contribution in [0.1, 0.15) is 33.0 Å². The Balaban J connectivity index is 2.61. The van der Waals surface area contributed by atoms with Crippen LogP contribution in [-0.2, 0) is 4.79 Å². The lowest BCUT2D eigenvalue weighted by molar-refractivity contribution is -0.120. The normalized spacial score (nSPS) is 10.1. The SMILES string of the molecule is CNC(=O)CCC(=O)c1cc(C)sc1C. The second-order valence-electron chi connectivity index (χ2n) is 3.42. The molecule has 1 rings (SSSR count). The van der Waals surface area contributed by atoms with Crippen molar-refractivity contribution in [1.29, 1.82) is 0 Å². The summed E-state index contributed by atoms with van der Waals surface area (Å²) in [5.74, 6) is -0.0339. The average Bonchev–Trinajstić information content (AvgIpc) is 2.53. The van der Waals surface area contributed by atoms with E-state index < -0.39 is 0 Å². The molecule has 1 aromatic heterocycles. The van der Waals surface area contributed by atoms with Crippen molar-refractivity contribution in [3.05, 3.63) is 21.4 Å². The summed E-state index contributed by atoms with van der Waals surface area (Å²) in [4.78, 5) is 24.9. The van der Waals surface area contributed by atoms with Crippen LogP contribution in [0.25, 0.3) is 0 Å². The molecule has 1 aromatic rings. The molecule has 0 aromatic carbocycles. The van der Waals surface area contributed by atoms with Gasteiger partial charge in [-0.1, -0.05) is 0 Å². The molecule has 0 atom stereocenters. The van der Waals surface area contributed by atoms with Crippen LogP contribution >= 0.6 is 11.3 Å². The third kappa shape index (κ3) is 3.16. The fourth-order valence-electron chi connectivity index (χ4n) is 1.39. The Labute approximate surface area is 93.5 Å². The number of rotatable bonds is 4. The second-order valence-corrected chi connectivity index (χ2v) is 4.88. The molecule has 82 valence electrons. The van der Waals surface area contributed by atoms with Gasteiger partial charge in [-0.25, -0.2) is 0 Å². The van der Waals surface area contributed by atoms with E-state index in [4.69, 9.17) is 0 Å². The van der Waals surface area contributed by atoms with Crippen LogP contribution in [0.3, 0.4) is 0 Å². The average molecular weight is 225 g/mol. The largest absolute Gasteiger partial charge is 0.359 e. The van der Waals surface area contributed by atoms with Crippen molar-refractivity contribution >= 4 is 23.0 Å². The zero-order valence-electron chi connectivity index (χ0n) is 9.22. The lowest BCUT2D eigenvalue weighted by Crippen LogP contribution is -2.18. The van der Waals surface area contributed by atoms with Gasteiger partial charge in [-0.15, -0.1) is 11.3 Å². The molecule has 0 saturated carbocycles. The molecule has 0 radical (unpaired) electrons. The first-order valence-corrected chi connectivity index (χ1v) is 5.67. The number of carbonyl (C=O) groups is 2. The van der Waals surface area contributed by atoms with Crippen LogP contribution in [0.4, 0.5) is 0 Å². The maximum Gasteiger partial charge on any atom is 0.220 e. The third-order valence-corrected chi connectivity index (χ3v) is 3.17. The van der Waals surface area contributed by atoms with E-state index in [2.05, 4.69) is 5.32 Å². The number of hydrogen-bond donors (Lipinski definition) is 1. The quantitative estimate of drug-likeness (QED) is 0.797. The van der Waals surface area contributed by atoms with Crippen LogP contribution in [-0.4, -0.2) is 18.7 Å². The predicted molar refractivity (Wildman–Crippen MR) is 61.4 cm³/mol. The van der Waals surface area contributed by atoms with E-state index in [0.717, 1.165) is 15.3 Å². The van der Waals surface area contributed by atoms with E-state index in [-0.39, 0.29) is 24.5 Å². The summed E-state index contributed by atoms with van der Waals surface area (Å²) in [6.45, 7) is 3.91. The van der Waals surface area contributed by atoms with E-state index in [1.807, 2.05) is 19.9 Å². The zero-order chi connectivity index (χ0) is 11.4. The molecular weight excluding hydrogens is 210 g/mol. The minimum Gasteiger partial charge on any atom is -0.359 e. The van der Waals surface area contributed by atoms with Crippen molar-refractivity contribution in [2.75, 3.05) is 7.05 Å². The zero-order valence-corrected chi connectivity index (χ0v) is 10.0. The summed E-state index contributed by atoms with van der Waals surface area (Å²) in [5.41, 5.74) is 0.765. The van der Waals surface area contributed by atoms with Crippen molar-refractivity contribution in [2.45, 2.75) is 26.7 Å². The molecule has 0 aliphatic rings. The van der Waals surface area contributed by atoms with Crippen molar-refractivity contribution in [1.82, 2.24) is 5.32 Å². The molecule has 0 saturated heterocycles. The maximum absolute atomic E-state index is 11.7. The van der Waals surface area contributed by atoms with Crippen molar-refractivity contribution in [3.8, 4) is 0 Å². The Morgan fingerprint density at radius 3 is 2.47 bits per heavy atom. The van der Waals surface area contributed by atoms with E-state index in [0.29, 0.717) is 0 Å². The third-order valence-electron chi connectivity index (χ3n) is 2.20. The van der Waals surface area contributed by atoms with Crippen LogP contribution in [0.5, 0.6) is 0 Å². The van der Waals surface area contributed by atoms with Crippen molar-refractivity contribution < 1.29 is 9.59 Å². The van der Waals surface area contributed by atoms with Crippen LogP contribution in [0.15, 0.2) is 6.07 Å². The monoisotopic (exact) mass is 225 g/mol. The smallest absolute Gasteiger partial charge is 0.220 e. The highest BCUT2D eigenvalue weighted by Crippen LogP contribution is 2.22. The number of aryl methyl sites for hydroxylation is 2. The Morgan fingerprint density at radius 1 is 1.33 bits per heavy atom. The van der Waals surface area contributed by atoms with Gasteiger partial charge in [0.05, 0.1) is 0 Å². The summed E-state index contributed by atoms with van der Waals surface area (Å²) in [5, 5.41) is 2.50. The number of hydrogen-bond acceptors (Lipinski definition) is 3. The number of carbonyl (C=O) groups excluding carboxylic acids is 2. The Bertz CT molecular complexity index is 382. The van der Waals surface area contributed by atoms with Gasteiger partial charge < -0.3 is 5.32 Å². The molecule has 0 aliphatic carbocycles. The number of ketones is 1. The number of thiophene rings is 1. The summed E-state index contributed by atoms with van der Waals surface area (Å²) in [6.07, 6.45) is 0.556. The number of Topliss-reactive ketones (excluding diaryl/α,β-unsaturated/α-hetero) is 1. The molecule has 4 heteroatoms. The van der Waals surface area contributed by atoms with Gasteiger partial charge >= 0.3 is 0 Å². The maximum atomic E-state index is 11.7. The summed E-state index contributed by atoms with van der Waals surface area (Å²) in [6, 6.07) is 1.90. The minimum absolute atomic E-state index is 0.0560. The topological polar surface area (TPSA) is 46.2 Å². The van der Waals surface area contributed by atoms with Gasteiger partial charge in [-0.2, -0.15) is 0 Å². The van der Waals surface area contributed by atoms with E-state index in [1.165, 1.54) is 0 Å². The van der Waals surface area contributed by atoms with Gasteiger partial charge in [0.1, 0.15) is 0 Å². The Kier molecular flexibility index (Phi) is 4.03. The molecule has 1 amide bonds. The highest BCUT2D eigenvalue weighted by atomic mass is 32.1. The predicted octanol–water partition coefficient (Wildman–Crippen LogP) is 2.07. The molecule has 15 heavy (non-hydrogen) atoms. The standard InChI is InChI=1S/C11H15NO2S/c1-7-6-9(8(2)15-7)10(13)4-5-11(14)12-3/h6H,4-5H2,1-3H3,(H,12,14). The summed E-state index contributed by atoms with van der Waals surface area (Å²) < 4.78 is 0. The van der Waals surface area contributed by atoms with Crippen LogP contribution in [0.2, 0.25) is 0 Å². The molecule has 0 spiro atoms. The fourth-order valence-corrected chi connectivity index (χ4v) is 2.34. The van der Waals surface area contributed by atoms with E-state index >= 15 is 0 Å². The molecule has 0 aliphatic heterocycles. The minimum atomic E-state index is -0.0899. The van der Waals surface area contributed by atoms with Gasteiger partial charge in [0.25, 0.3) is 0 Å². The molecule has 1 heterocycles.